The maximum Gasteiger partial charge on any atom is 0.310 e. The molecule has 0 radical (unpaired) electrons. The molecule has 3 heterocycles. The Kier molecular flexibility index (Phi) is 10.5. The third kappa shape index (κ3) is 8.43. The molecule has 0 atom stereocenters. The van der Waals surface area contributed by atoms with Gasteiger partial charge in [-0.15, -0.1) is 16.4 Å². The zero-order valence-electron chi connectivity index (χ0n) is 27.7. The first-order valence-corrected chi connectivity index (χ1v) is 16.7. The molecule has 10 nitrogen and oxygen atoms in total. The molecule has 0 fully saturated rings. The van der Waals surface area contributed by atoms with Gasteiger partial charge in [0.25, 0.3) is 0 Å². The lowest BCUT2D eigenvalue weighted by Crippen LogP contribution is -2.07. The summed E-state index contributed by atoms with van der Waals surface area (Å²) in [4.78, 5) is 21.0. The molecule has 0 unspecified atom stereocenters. The highest BCUT2D eigenvalue weighted by atomic mass is 32.1. The first-order valence-electron chi connectivity index (χ1n) is 15.8. The van der Waals surface area contributed by atoms with Gasteiger partial charge in [-0.05, 0) is 80.4 Å². The van der Waals surface area contributed by atoms with Crippen LogP contribution in [0.15, 0.2) is 88.8 Å². The van der Waals surface area contributed by atoms with Crippen molar-refractivity contribution in [1.82, 2.24) is 19.7 Å². The van der Waals surface area contributed by atoms with Gasteiger partial charge in [-0.1, -0.05) is 36.4 Å². The van der Waals surface area contributed by atoms with Crippen LogP contribution in [0.5, 0.6) is 17.4 Å². The summed E-state index contributed by atoms with van der Waals surface area (Å²) in [5.41, 5.74) is 5.86. The van der Waals surface area contributed by atoms with Gasteiger partial charge in [0, 0.05) is 17.1 Å². The van der Waals surface area contributed by atoms with E-state index in [0.717, 1.165) is 38.6 Å². The molecule has 0 saturated heterocycles. The van der Waals surface area contributed by atoms with Crippen molar-refractivity contribution < 1.29 is 28.2 Å². The molecule has 0 bridgehead atoms. The number of carbonyl (C=O) groups excluding carboxylic acids is 1. The summed E-state index contributed by atoms with van der Waals surface area (Å²) < 4.78 is 30.8. The fraction of sp³-hybridized carbons (Fsp3) is 0.211. The standard InChI is InChI=1S/C38H36N4O6S/c1-5-45-36(43)20-27-11-14-29(15-12-27)37-40-33(25(2)48-37)23-46-34-18-13-28(19-35(34)44-4)22-47-38-30(16-17-31-24-49-26(3)39-31)21-42(41-38)32-9-7-6-8-10-32/h6-19,21,24H,5,20,22-23H2,1-4H3. The summed E-state index contributed by atoms with van der Waals surface area (Å²) in [7, 11) is 1.60. The Hall–Kier alpha value is -5.68. The number of hydrogen-bond donors (Lipinski definition) is 0. The molecule has 0 amide bonds. The van der Waals surface area contributed by atoms with Crippen molar-refractivity contribution in [3.63, 3.8) is 0 Å². The first-order chi connectivity index (χ1) is 23.9. The smallest absolute Gasteiger partial charge is 0.310 e. The fourth-order valence-corrected chi connectivity index (χ4v) is 5.57. The molecule has 250 valence electrons. The second-order valence-corrected chi connectivity index (χ2v) is 12.1. The molecular formula is C38H36N4O6S. The van der Waals surface area contributed by atoms with Crippen LogP contribution in [0, 0.1) is 13.8 Å². The molecule has 0 saturated carbocycles. The molecular weight excluding hydrogens is 641 g/mol. The SMILES string of the molecule is CCOC(=O)Cc1ccc(-c2nc(COc3ccc(COc4nn(-c5ccccc5)cc4C=Cc4csc(C)n4)cc3OC)c(C)o2)cc1. The van der Waals surface area contributed by atoms with Crippen LogP contribution in [0.1, 0.15) is 45.8 Å². The average molecular weight is 677 g/mol. The molecule has 0 aliphatic rings. The second kappa shape index (κ2) is 15.5. The van der Waals surface area contributed by atoms with Gasteiger partial charge in [0.1, 0.15) is 24.7 Å². The molecule has 3 aromatic heterocycles. The minimum atomic E-state index is -0.256. The van der Waals surface area contributed by atoms with Crippen LogP contribution in [0.2, 0.25) is 0 Å². The van der Waals surface area contributed by atoms with Crippen LogP contribution < -0.4 is 14.2 Å². The number of esters is 1. The van der Waals surface area contributed by atoms with Crippen LogP contribution >= 0.6 is 11.3 Å². The Bertz CT molecular complexity index is 2050. The van der Waals surface area contributed by atoms with E-state index in [-0.39, 0.29) is 25.6 Å². The lowest BCUT2D eigenvalue weighted by Gasteiger charge is -2.12. The van der Waals surface area contributed by atoms with Crippen molar-refractivity contribution in [3.8, 4) is 34.5 Å². The maximum atomic E-state index is 11.8. The topological polar surface area (TPSA) is 111 Å². The number of oxazole rings is 1. The Morgan fingerprint density at radius 3 is 2.45 bits per heavy atom. The zero-order valence-corrected chi connectivity index (χ0v) is 28.5. The number of methoxy groups -OCH3 is 1. The van der Waals surface area contributed by atoms with E-state index in [4.69, 9.17) is 28.5 Å². The summed E-state index contributed by atoms with van der Waals surface area (Å²) in [5, 5.41) is 7.75. The number of thiazole rings is 1. The summed E-state index contributed by atoms with van der Waals surface area (Å²) in [5.74, 6) is 2.50. The number of ether oxygens (including phenoxy) is 4. The third-order valence-electron chi connectivity index (χ3n) is 7.51. The van der Waals surface area contributed by atoms with Gasteiger partial charge in [0.15, 0.2) is 11.5 Å². The van der Waals surface area contributed by atoms with Gasteiger partial charge in [-0.3, -0.25) is 4.79 Å². The number of hydrogen-bond acceptors (Lipinski definition) is 10. The Morgan fingerprint density at radius 1 is 0.918 bits per heavy atom. The number of nitrogens with zero attached hydrogens (tertiary/aromatic N) is 4. The van der Waals surface area contributed by atoms with E-state index >= 15 is 0 Å². The van der Waals surface area contributed by atoms with E-state index in [0.29, 0.717) is 41.3 Å². The van der Waals surface area contributed by atoms with Crippen molar-refractivity contribution in [2.24, 2.45) is 0 Å². The van der Waals surface area contributed by atoms with E-state index in [1.807, 2.05) is 110 Å². The highest BCUT2D eigenvalue weighted by Crippen LogP contribution is 2.31. The number of aryl methyl sites for hydroxylation is 2. The third-order valence-corrected chi connectivity index (χ3v) is 8.31. The minimum Gasteiger partial charge on any atom is -0.493 e. The molecule has 6 aromatic rings. The molecule has 11 heteroatoms. The number of benzene rings is 3. The van der Waals surface area contributed by atoms with Crippen molar-refractivity contribution in [1.29, 1.82) is 0 Å². The zero-order chi connectivity index (χ0) is 34.2. The van der Waals surface area contributed by atoms with Crippen LogP contribution in [0.3, 0.4) is 0 Å². The molecule has 0 aliphatic carbocycles. The van der Waals surface area contributed by atoms with E-state index in [9.17, 15) is 4.79 Å². The van der Waals surface area contributed by atoms with Crippen LogP contribution in [0.25, 0.3) is 29.3 Å². The fourth-order valence-electron chi connectivity index (χ4n) is 4.99. The summed E-state index contributed by atoms with van der Waals surface area (Å²) in [6.45, 7) is 6.44. The van der Waals surface area contributed by atoms with Crippen LogP contribution in [0.4, 0.5) is 0 Å². The van der Waals surface area contributed by atoms with Gasteiger partial charge in [-0.25, -0.2) is 14.6 Å². The molecule has 0 aliphatic heterocycles. The largest absolute Gasteiger partial charge is 0.493 e. The predicted molar refractivity (Wildman–Crippen MR) is 188 cm³/mol. The lowest BCUT2D eigenvalue weighted by molar-refractivity contribution is -0.142. The van der Waals surface area contributed by atoms with Gasteiger partial charge < -0.3 is 23.4 Å². The summed E-state index contributed by atoms with van der Waals surface area (Å²) in [6, 6.07) is 23.1. The quantitative estimate of drug-likeness (QED) is 0.106. The molecule has 6 rings (SSSR count). The Labute approximate surface area is 288 Å². The Morgan fingerprint density at radius 2 is 1.71 bits per heavy atom. The van der Waals surface area contributed by atoms with E-state index < -0.39 is 0 Å². The monoisotopic (exact) mass is 676 g/mol. The summed E-state index contributed by atoms with van der Waals surface area (Å²) >= 11 is 1.61. The summed E-state index contributed by atoms with van der Waals surface area (Å²) in [6.07, 6.45) is 6.08. The first kappa shape index (κ1) is 33.2. The van der Waals surface area contributed by atoms with Crippen LogP contribution in [-0.2, 0) is 29.2 Å². The van der Waals surface area contributed by atoms with Gasteiger partial charge >= 0.3 is 5.97 Å². The minimum absolute atomic E-state index is 0.188. The Balaban J connectivity index is 1.12. The van der Waals surface area contributed by atoms with Crippen LogP contribution in [-0.4, -0.2) is 39.4 Å². The normalized spacial score (nSPS) is 11.2. The van der Waals surface area contributed by atoms with E-state index in [1.54, 1.807) is 30.1 Å². The molecule has 0 spiro atoms. The lowest BCUT2D eigenvalue weighted by atomic mass is 10.1. The number of rotatable bonds is 14. The van der Waals surface area contributed by atoms with Crippen molar-refractivity contribution in [2.75, 3.05) is 13.7 Å². The second-order valence-electron chi connectivity index (χ2n) is 11.1. The van der Waals surface area contributed by atoms with Gasteiger partial charge in [0.05, 0.1) is 42.1 Å². The average Bonchev–Trinajstić information content (AvgIpc) is 3.84. The maximum absolute atomic E-state index is 11.8. The number of carbonyl (C=O) groups is 1. The predicted octanol–water partition coefficient (Wildman–Crippen LogP) is 8.04. The molecule has 0 N–H and O–H groups in total. The van der Waals surface area contributed by atoms with Crippen molar-refractivity contribution in [2.45, 2.75) is 40.4 Å². The number of aromatic nitrogens is 4. The van der Waals surface area contributed by atoms with Crippen molar-refractivity contribution >= 4 is 29.5 Å². The van der Waals surface area contributed by atoms with Gasteiger partial charge in [0.2, 0.25) is 11.8 Å². The highest BCUT2D eigenvalue weighted by Gasteiger charge is 2.16. The molecule has 3 aromatic carbocycles. The van der Waals surface area contributed by atoms with E-state index in [1.165, 1.54) is 0 Å². The van der Waals surface area contributed by atoms with Gasteiger partial charge in [-0.2, -0.15) is 0 Å². The van der Waals surface area contributed by atoms with E-state index in [2.05, 4.69) is 9.97 Å². The number of para-hydroxylation sites is 1. The highest BCUT2D eigenvalue weighted by molar-refractivity contribution is 7.09. The van der Waals surface area contributed by atoms with Crippen molar-refractivity contribution in [3.05, 3.63) is 123 Å². The molecule has 49 heavy (non-hydrogen) atoms.